The molecule has 1 saturated heterocycles. The largest absolute Gasteiger partial charge is 0.353 e. The first-order valence-corrected chi connectivity index (χ1v) is 9.47. The van der Waals surface area contributed by atoms with Crippen molar-refractivity contribution in [2.45, 2.75) is 62.4 Å². The van der Waals surface area contributed by atoms with Crippen molar-refractivity contribution in [2.24, 2.45) is 0 Å². The molecule has 1 atom stereocenters. The second kappa shape index (κ2) is 6.11. The number of rotatable bonds is 5. The SMILES string of the molecule is CC(C(=O)NCC1(c2ccccc2)CC1)N1C(=O)NC2(CCCC2)C1=O. The van der Waals surface area contributed by atoms with E-state index in [0.717, 1.165) is 30.6 Å². The Kier molecular flexibility index (Phi) is 4.01. The quantitative estimate of drug-likeness (QED) is 0.794. The number of imide groups is 1. The summed E-state index contributed by atoms with van der Waals surface area (Å²) < 4.78 is 0. The van der Waals surface area contributed by atoms with Gasteiger partial charge in [-0.3, -0.25) is 9.59 Å². The standard InChI is InChI=1S/C20H25N3O3/c1-14(23-17(25)20(22-18(23)26)9-5-6-10-20)16(24)21-13-19(11-12-19)15-7-3-2-4-8-15/h2-4,7-8,14H,5-6,9-13H2,1H3,(H,21,24)(H,22,26). The smallest absolute Gasteiger partial charge is 0.325 e. The van der Waals surface area contributed by atoms with E-state index in [2.05, 4.69) is 22.8 Å². The topological polar surface area (TPSA) is 78.5 Å². The lowest BCUT2D eigenvalue weighted by molar-refractivity contribution is -0.137. The van der Waals surface area contributed by atoms with Crippen LogP contribution in [-0.2, 0) is 15.0 Å². The molecule has 26 heavy (non-hydrogen) atoms. The van der Waals surface area contributed by atoms with Gasteiger partial charge in [0, 0.05) is 12.0 Å². The summed E-state index contributed by atoms with van der Waals surface area (Å²) in [5.41, 5.74) is 0.460. The Morgan fingerprint density at radius 2 is 1.81 bits per heavy atom. The molecule has 3 aliphatic rings. The van der Waals surface area contributed by atoms with Crippen LogP contribution in [0.2, 0.25) is 0 Å². The van der Waals surface area contributed by atoms with Gasteiger partial charge in [0.05, 0.1) is 0 Å². The van der Waals surface area contributed by atoms with Gasteiger partial charge in [-0.15, -0.1) is 0 Å². The molecule has 6 heteroatoms. The minimum atomic E-state index is -0.797. The van der Waals surface area contributed by atoms with Crippen molar-refractivity contribution >= 4 is 17.8 Å². The Hall–Kier alpha value is -2.37. The summed E-state index contributed by atoms with van der Waals surface area (Å²) in [5, 5.41) is 5.80. The molecule has 3 fully saturated rings. The molecular formula is C20H25N3O3. The molecule has 1 heterocycles. The summed E-state index contributed by atoms with van der Waals surface area (Å²) >= 11 is 0. The van der Waals surface area contributed by atoms with E-state index in [1.54, 1.807) is 6.92 Å². The molecule has 2 aliphatic carbocycles. The fraction of sp³-hybridized carbons (Fsp3) is 0.550. The van der Waals surface area contributed by atoms with Gasteiger partial charge in [0.2, 0.25) is 5.91 Å². The van der Waals surface area contributed by atoms with Crippen molar-refractivity contribution in [1.29, 1.82) is 0 Å². The molecule has 1 aromatic rings. The lowest BCUT2D eigenvalue weighted by Gasteiger charge is -2.24. The molecule has 1 aromatic carbocycles. The van der Waals surface area contributed by atoms with E-state index in [0.29, 0.717) is 19.4 Å². The van der Waals surface area contributed by atoms with Crippen LogP contribution in [0.1, 0.15) is 51.0 Å². The van der Waals surface area contributed by atoms with Crippen LogP contribution in [0.4, 0.5) is 4.79 Å². The van der Waals surface area contributed by atoms with Crippen LogP contribution in [-0.4, -0.2) is 40.9 Å². The number of nitrogens with zero attached hydrogens (tertiary/aromatic N) is 1. The maximum atomic E-state index is 12.8. The molecule has 1 spiro atoms. The van der Waals surface area contributed by atoms with Crippen LogP contribution in [0.15, 0.2) is 30.3 Å². The number of hydrogen-bond acceptors (Lipinski definition) is 3. The van der Waals surface area contributed by atoms with Gasteiger partial charge in [0.25, 0.3) is 5.91 Å². The zero-order chi connectivity index (χ0) is 18.4. The Balaban J connectivity index is 1.41. The van der Waals surface area contributed by atoms with Crippen LogP contribution in [0, 0.1) is 0 Å². The molecule has 0 aromatic heterocycles. The minimum absolute atomic E-state index is 0.000588. The first-order chi connectivity index (χ1) is 12.5. The van der Waals surface area contributed by atoms with Gasteiger partial charge in [-0.05, 0) is 38.2 Å². The van der Waals surface area contributed by atoms with Gasteiger partial charge >= 0.3 is 6.03 Å². The zero-order valence-electron chi connectivity index (χ0n) is 15.1. The lowest BCUT2D eigenvalue weighted by atomic mass is 9.96. The number of amides is 4. The number of urea groups is 1. The summed E-state index contributed by atoms with van der Waals surface area (Å²) in [6.07, 6.45) is 5.27. The summed E-state index contributed by atoms with van der Waals surface area (Å²) in [6.45, 7) is 2.16. The predicted molar refractivity (Wildman–Crippen MR) is 96.4 cm³/mol. The van der Waals surface area contributed by atoms with E-state index in [-0.39, 0.29) is 17.2 Å². The molecule has 4 amide bonds. The molecule has 0 bridgehead atoms. The van der Waals surface area contributed by atoms with Crippen LogP contribution in [0.5, 0.6) is 0 Å². The van der Waals surface area contributed by atoms with Crippen molar-refractivity contribution in [3.8, 4) is 0 Å². The van der Waals surface area contributed by atoms with Crippen LogP contribution in [0.3, 0.4) is 0 Å². The lowest BCUT2D eigenvalue weighted by Crippen LogP contribution is -2.50. The predicted octanol–water partition coefficient (Wildman–Crippen LogP) is 2.09. The Bertz CT molecular complexity index is 736. The van der Waals surface area contributed by atoms with E-state index >= 15 is 0 Å². The fourth-order valence-electron chi connectivity index (χ4n) is 4.34. The van der Waals surface area contributed by atoms with Crippen LogP contribution >= 0.6 is 0 Å². The molecule has 138 valence electrons. The van der Waals surface area contributed by atoms with Gasteiger partial charge in [0.15, 0.2) is 0 Å². The normalized spacial score (nSPS) is 23.8. The zero-order valence-corrected chi connectivity index (χ0v) is 15.1. The third-order valence-corrected chi connectivity index (χ3v) is 6.26. The maximum absolute atomic E-state index is 12.8. The fourth-order valence-corrected chi connectivity index (χ4v) is 4.34. The van der Waals surface area contributed by atoms with Gasteiger partial charge in [-0.1, -0.05) is 43.2 Å². The second-order valence-corrected chi connectivity index (χ2v) is 7.93. The van der Waals surface area contributed by atoms with Crippen molar-refractivity contribution < 1.29 is 14.4 Å². The van der Waals surface area contributed by atoms with Gasteiger partial charge < -0.3 is 10.6 Å². The molecule has 2 saturated carbocycles. The third kappa shape index (κ3) is 2.68. The molecule has 1 unspecified atom stereocenters. The monoisotopic (exact) mass is 355 g/mol. The summed E-state index contributed by atoms with van der Waals surface area (Å²) in [6, 6.07) is 8.94. The summed E-state index contributed by atoms with van der Waals surface area (Å²) in [7, 11) is 0. The molecule has 1 aliphatic heterocycles. The Labute approximate surface area is 153 Å². The number of benzene rings is 1. The van der Waals surface area contributed by atoms with Gasteiger partial charge in [0.1, 0.15) is 11.6 Å². The maximum Gasteiger partial charge on any atom is 0.325 e. The Morgan fingerprint density at radius 3 is 2.42 bits per heavy atom. The van der Waals surface area contributed by atoms with Crippen LogP contribution < -0.4 is 10.6 Å². The average Bonchev–Trinajstić information content (AvgIpc) is 3.23. The number of carbonyl (C=O) groups excluding carboxylic acids is 3. The molecule has 6 nitrogen and oxygen atoms in total. The molecule has 4 rings (SSSR count). The van der Waals surface area contributed by atoms with Gasteiger partial charge in [-0.25, -0.2) is 9.69 Å². The average molecular weight is 355 g/mol. The van der Waals surface area contributed by atoms with Crippen molar-refractivity contribution in [3.63, 3.8) is 0 Å². The highest BCUT2D eigenvalue weighted by Crippen LogP contribution is 2.47. The van der Waals surface area contributed by atoms with E-state index in [1.165, 1.54) is 5.56 Å². The first-order valence-electron chi connectivity index (χ1n) is 9.47. The molecular weight excluding hydrogens is 330 g/mol. The van der Waals surface area contributed by atoms with E-state index in [4.69, 9.17) is 0 Å². The highest BCUT2D eigenvalue weighted by atomic mass is 16.2. The number of carbonyl (C=O) groups is 3. The first kappa shape index (κ1) is 17.1. The summed E-state index contributed by atoms with van der Waals surface area (Å²) in [5.74, 6) is -0.516. The van der Waals surface area contributed by atoms with Crippen molar-refractivity contribution in [3.05, 3.63) is 35.9 Å². The molecule has 2 N–H and O–H groups in total. The summed E-state index contributed by atoms with van der Waals surface area (Å²) in [4.78, 5) is 38.9. The van der Waals surface area contributed by atoms with E-state index in [1.807, 2.05) is 18.2 Å². The highest BCUT2D eigenvalue weighted by molar-refractivity contribution is 6.09. The van der Waals surface area contributed by atoms with E-state index < -0.39 is 17.6 Å². The van der Waals surface area contributed by atoms with Crippen molar-refractivity contribution in [1.82, 2.24) is 15.5 Å². The van der Waals surface area contributed by atoms with Crippen molar-refractivity contribution in [2.75, 3.05) is 6.54 Å². The number of nitrogens with one attached hydrogen (secondary N) is 2. The third-order valence-electron chi connectivity index (χ3n) is 6.26. The Morgan fingerprint density at radius 1 is 1.15 bits per heavy atom. The number of hydrogen-bond donors (Lipinski definition) is 2. The molecule has 0 radical (unpaired) electrons. The minimum Gasteiger partial charge on any atom is -0.353 e. The van der Waals surface area contributed by atoms with E-state index in [9.17, 15) is 14.4 Å². The van der Waals surface area contributed by atoms with Crippen LogP contribution in [0.25, 0.3) is 0 Å². The second-order valence-electron chi connectivity index (χ2n) is 7.93. The highest BCUT2D eigenvalue weighted by Gasteiger charge is 2.54. The van der Waals surface area contributed by atoms with Gasteiger partial charge in [-0.2, -0.15) is 0 Å².